The van der Waals surface area contributed by atoms with Gasteiger partial charge in [-0.3, -0.25) is 0 Å². The van der Waals surface area contributed by atoms with Crippen LogP contribution in [-0.4, -0.2) is 0 Å². The summed E-state index contributed by atoms with van der Waals surface area (Å²) in [5.41, 5.74) is 36.9. The van der Waals surface area contributed by atoms with Crippen LogP contribution in [0, 0.1) is 47.0 Å². The molecule has 5 heterocycles. The summed E-state index contributed by atoms with van der Waals surface area (Å²) in [5, 5.41) is 0. The van der Waals surface area contributed by atoms with Gasteiger partial charge in [0, 0.05) is 92.6 Å². The van der Waals surface area contributed by atoms with E-state index in [2.05, 4.69) is 410 Å². The van der Waals surface area contributed by atoms with Gasteiger partial charge in [0.25, 0.3) is 0 Å². The summed E-state index contributed by atoms with van der Waals surface area (Å²) in [5.74, 6) is 0.993. The summed E-state index contributed by atoms with van der Waals surface area (Å²) in [6.07, 6.45) is 21.7. The maximum Gasteiger partial charge on any atom is 0.213 e. The molecule has 606 valence electrons. The second kappa shape index (κ2) is 40.1. The quantitative estimate of drug-likeness (QED) is 0.0967. The summed E-state index contributed by atoms with van der Waals surface area (Å²) in [4.78, 5) is 0. The third-order valence-corrected chi connectivity index (χ3v) is 24.2. The third kappa shape index (κ3) is 22.1. The van der Waals surface area contributed by atoms with Crippen LogP contribution < -0.4 is 22.8 Å². The second-order valence-electron chi connectivity index (χ2n) is 34.6. The molecule has 2 fully saturated rings. The molecule has 5 nitrogen and oxygen atoms in total. The highest BCUT2D eigenvalue weighted by Crippen LogP contribution is 2.38. The van der Waals surface area contributed by atoms with Gasteiger partial charge in [-0.1, -0.05) is 285 Å². The highest BCUT2D eigenvalue weighted by atomic mass is 14.9. The smallest absolute Gasteiger partial charge is 0.201 e. The first-order chi connectivity index (χ1) is 59.1. The Bertz CT molecular complexity index is 6080. The molecular weight excluding hydrogens is 1450 g/mol. The van der Waals surface area contributed by atoms with Crippen molar-refractivity contribution in [2.45, 2.75) is 158 Å². The number of hydrogen-bond donors (Lipinski definition) is 0. The van der Waals surface area contributed by atoms with Gasteiger partial charge in [-0.25, -0.2) is 22.8 Å². The number of benzene rings is 10. The number of pyridine rings is 5. The number of aromatic nitrogens is 5. The molecule has 2 saturated carbocycles. The summed E-state index contributed by atoms with van der Waals surface area (Å²) in [6.45, 7) is 22.6. The topological polar surface area (TPSA) is 19.4 Å². The van der Waals surface area contributed by atoms with Crippen LogP contribution in [0.5, 0.6) is 0 Å². The van der Waals surface area contributed by atoms with E-state index in [0.717, 1.165) is 34.1 Å². The van der Waals surface area contributed by atoms with Crippen LogP contribution in [0.2, 0.25) is 0 Å². The molecule has 0 aliphatic heterocycles. The lowest BCUT2D eigenvalue weighted by Crippen LogP contribution is -2.30. The molecule has 17 rings (SSSR count). The summed E-state index contributed by atoms with van der Waals surface area (Å²) in [7, 11) is 10.5. The highest BCUT2D eigenvalue weighted by molar-refractivity contribution is 5.76. The van der Waals surface area contributed by atoms with Gasteiger partial charge >= 0.3 is 0 Å². The van der Waals surface area contributed by atoms with Crippen LogP contribution in [0.4, 0.5) is 0 Å². The van der Waals surface area contributed by atoms with Crippen LogP contribution in [0.15, 0.2) is 334 Å². The van der Waals surface area contributed by atoms with Crippen LogP contribution in [-0.2, 0) is 41.6 Å². The minimum atomic E-state index is -1.37. The summed E-state index contributed by atoms with van der Waals surface area (Å²) in [6, 6.07) is 108. The van der Waals surface area contributed by atoms with E-state index in [9.17, 15) is 0 Å². The molecule has 0 radical (unpaired) electrons. The fourth-order valence-corrected chi connectivity index (χ4v) is 16.9. The zero-order valence-corrected chi connectivity index (χ0v) is 74.0. The fourth-order valence-electron chi connectivity index (χ4n) is 16.9. The number of nitrogens with zero attached hydrogens (tertiary/aromatic N) is 5. The minimum absolute atomic E-state index is 0.451. The standard InChI is InChI=1S/C25H28N.C24H26N.C24H28N.C22H24N.C20H20N/c1-19-8-6-7-11-24(19)25-18-23(16-17-26(25)2)22-14-12-21(13-15-22)20-9-4-3-5-10-20;1-18-7-3-6-10-23(18)24-17-22(15-16-25(24)2)21-13-11-20(12-14-21)19-8-4-5-9-19;1-18-8-6-7-9-22(18)23-16-21(14-15-25(23)5)20-12-10-19(11-13-20)17-24(2,3)4;1-16(2)18-9-11-19(12-10-18)20-13-14-23(4)22(15-20)21-8-6-5-7-17(21)3;1-15-8-10-17(11-9-15)18-12-13-21(3)20(14-18)19-7-5-4-6-16(19)2/h6-8,11-18,20H,3-5,9-10H2,1-2H3;3,6-7,10-17,19H,4-5,8-9H2,1-2H3;6-16H,17H2,1-5H3;5-16H,1-4H3;4-14H,1-3H3/q5*+1/i;;17D2;16D;. The van der Waals surface area contributed by atoms with Crippen LogP contribution in [0.3, 0.4) is 0 Å². The van der Waals surface area contributed by atoms with Crippen molar-refractivity contribution in [1.82, 2.24) is 0 Å². The Labute approximate surface area is 723 Å². The molecule has 0 N–H and O–H groups in total. The summed E-state index contributed by atoms with van der Waals surface area (Å²) >= 11 is 0. The van der Waals surface area contributed by atoms with E-state index in [0.29, 0.717) is 0 Å². The first-order valence-corrected chi connectivity index (χ1v) is 43.3. The van der Waals surface area contributed by atoms with Gasteiger partial charge in [-0.05, 0) is 233 Å². The molecule has 5 aromatic heterocycles. The molecule has 0 atom stereocenters. The Morgan fingerprint density at radius 2 is 0.525 bits per heavy atom. The maximum atomic E-state index is 8.46. The number of aryl methyl sites for hydroxylation is 11. The van der Waals surface area contributed by atoms with Gasteiger partial charge in [-0.2, -0.15) is 0 Å². The van der Waals surface area contributed by atoms with Crippen molar-refractivity contribution in [3.63, 3.8) is 0 Å². The molecule has 0 amide bonds. The fraction of sp³-hybridized carbons (Fsp3) is 0.261. The van der Waals surface area contributed by atoms with Crippen LogP contribution in [0.25, 0.3) is 112 Å². The van der Waals surface area contributed by atoms with Gasteiger partial charge < -0.3 is 0 Å². The molecule has 10 aromatic carbocycles. The van der Waals surface area contributed by atoms with E-state index in [1.54, 1.807) is 0 Å². The van der Waals surface area contributed by atoms with Crippen molar-refractivity contribution < 1.29 is 26.9 Å². The third-order valence-electron chi connectivity index (χ3n) is 24.2. The molecule has 0 spiro atoms. The Hall–Kier alpha value is -12.1. The van der Waals surface area contributed by atoms with Crippen molar-refractivity contribution in [2.75, 3.05) is 0 Å². The van der Waals surface area contributed by atoms with E-state index < -0.39 is 17.7 Å². The molecule has 0 unspecified atom stereocenters. The van der Waals surface area contributed by atoms with E-state index in [4.69, 9.17) is 4.11 Å². The van der Waals surface area contributed by atoms with Crippen LogP contribution >= 0.6 is 0 Å². The summed E-state index contributed by atoms with van der Waals surface area (Å²) < 4.78 is 35.9. The molecule has 2 aliphatic carbocycles. The molecule has 0 bridgehead atoms. The Kier molecular flexibility index (Phi) is 27.3. The van der Waals surface area contributed by atoms with Crippen molar-refractivity contribution in [1.29, 1.82) is 0 Å². The largest absolute Gasteiger partial charge is 0.213 e. The van der Waals surface area contributed by atoms with E-state index >= 15 is 0 Å². The molecule has 5 heteroatoms. The minimum Gasteiger partial charge on any atom is -0.201 e. The lowest BCUT2D eigenvalue weighted by molar-refractivity contribution is -0.660. The second-order valence-corrected chi connectivity index (χ2v) is 34.6. The van der Waals surface area contributed by atoms with Gasteiger partial charge in [-0.15, -0.1) is 0 Å². The van der Waals surface area contributed by atoms with Gasteiger partial charge in [0.15, 0.2) is 31.0 Å². The van der Waals surface area contributed by atoms with Crippen LogP contribution in [0.1, 0.15) is 170 Å². The first-order valence-electron chi connectivity index (χ1n) is 44.8. The molecular formula is C115H126N5+5. The Morgan fingerprint density at radius 3 is 0.775 bits per heavy atom. The van der Waals surface area contributed by atoms with Gasteiger partial charge in [0.05, 0.1) is 0 Å². The predicted molar refractivity (Wildman–Crippen MR) is 505 cm³/mol. The monoisotopic (exact) mass is 1580 g/mol. The normalized spacial score (nSPS) is 13.3. The number of rotatable bonds is 14. The van der Waals surface area contributed by atoms with Crippen molar-refractivity contribution >= 4 is 0 Å². The molecule has 2 aliphatic rings. The first kappa shape index (κ1) is 81.7. The predicted octanol–water partition coefficient (Wildman–Crippen LogP) is 27.5. The molecule has 15 aromatic rings. The highest BCUT2D eigenvalue weighted by Gasteiger charge is 2.23. The molecule has 120 heavy (non-hydrogen) atoms. The van der Waals surface area contributed by atoms with Gasteiger partial charge in [0.1, 0.15) is 35.2 Å². The Morgan fingerprint density at radius 1 is 0.292 bits per heavy atom. The van der Waals surface area contributed by atoms with E-state index in [-0.39, 0.29) is 0 Å². The zero-order valence-electron chi connectivity index (χ0n) is 77.0. The van der Waals surface area contributed by atoms with Crippen molar-refractivity contribution in [2.24, 2.45) is 40.7 Å². The maximum absolute atomic E-state index is 8.46. The number of hydrogen-bond acceptors (Lipinski definition) is 0. The molecule has 0 saturated heterocycles. The lowest BCUT2D eigenvalue weighted by Gasteiger charge is -2.22. The van der Waals surface area contributed by atoms with E-state index in [1.165, 1.54) is 203 Å². The average molecular weight is 1580 g/mol. The van der Waals surface area contributed by atoms with Crippen molar-refractivity contribution in [3.8, 4) is 112 Å². The Balaban J connectivity index is 0.000000133. The average Bonchev–Trinajstić information content (AvgIpc) is 0.805. The van der Waals surface area contributed by atoms with E-state index in [1.807, 2.05) is 58.9 Å². The SMILES string of the molecule is Cc1ccc(-c2cc[n+](C)c(-c3ccccc3C)c2)cc1.Cc1ccccc1-c1cc(-c2ccc(C3CCCC3)cc2)cc[n+]1C.Cc1ccccc1-c1cc(-c2ccc(C3CCCCC3)cc2)cc[n+]1C.[2H]C(C)(C)c1ccc(-c2cc[n+](C)c(-c3ccccc3C)c2)cc1.[2H]C([2H])(c1ccc(-c2cc[n+](C)c(-c3ccccc3C)c2)cc1)C(C)(C)C. The van der Waals surface area contributed by atoms with Gasteiger partial charge in [0.2, 0.25) is 28.5 Å². The zero-order chi connectivity index (χ0) is 87.1. The lowest BCUT2D eigenvalue weighted by atomic mass is 9.84. The van der Waals surface area contributed by atoms with Crippen molar-refractivity contribution in [3.05, 3.63) is 390 Å².